The van der Waals surface area contributed by atoms with Crippen molar-refractivity contribution in [2.24, 2.45) is 0 Å². The Balaban J connectivity index is 1.59. The molecule has 2 aliphatic rings. The average Bonchev–Trinajstić information content (AvgIpc) is 2.90. The summed E-state index contributed by atoms with van der Waals surface area (Å²) in [6.45, 7) is 11.9. The molecule has 1 aromatic rings. The molecule has 0 spiro atoms. The maximum atomic E-state index is 11.6. The van der Waals surface area contributed by atoms with E-state index in [9.17, 15) is 4.79 Å². The number of hydrogen-bond donors (Lipinski definition) is 0. The molecule has 0 atom stereocenters. The predicted octanol–water partition coefficient (Wildman–Crippen LogP) is 2.26. The van der Waals surface area contributed by atoms with Crippen molar-refractivity contribution in [2.75, 3.05) is 44.2 Å². The van der Waals surface area contributed by atoms with Crippen LogP contribution in [0.4, 0.5) is 5.82 Å². The minimum Gasteiger partial charge on any atom is -0.356 e. The minimum absolute atomic E-state index is 0.212. The van der Waals surface area contributed by atoms with Gasteiger partial charge in [0.2, 0.25) is 5.91 Å². The maximum absolute atomic E-state index is 11.6. The molecule has 0 saturated carbocycles. The van der Waals surface area contributed by atoms with Crippen molar-refractivity contribution >= 4 is 11.7 Å². The summed E-state index contributed by atoms with van der Waals surface area (Å²) in [5.74, 6) is 2.22. The zero-order chi connectivity index (χ0) is 18.5. The summed E-state index contributed by atoms with van der Waals surface area (Å²) in [5.41, 5.74) is 1.28. The molecule has 144 valence electrons. The van der Waals surface area contributed by atoms with Crippen LogP contribution in [0, 0.1) is 6.92 Å². The van der Waals surface area contributed by atoms with Gasteiger partial charge in [0.1, 0.15) is 11.6 Å². The van der Waals surface area contributed by atoms with E-state index >= 15 is 0 Å². The number of hydrogen-bond acceptors (Lipinski definition) is 5. The highest BCUT2D eigenvalue weighted by Gasteiger charge is 2.28. The lowest BCUT2D eigenvalue weighted by atomic mass is 10.0. The maximum Gasteiger partial charge on any atom is 0.219 e. The second-order valence-corrected chi connectivity index (χ2v) is 7.63. The molecule has 0 bridgehead atoms. The first-order chi connectivity index (χ1) is 12.6. The number of anilines is 1. The van der Waals surface area contributed by atoms with E-state index in [2.05, 4.69) is 21.7 Å². The smallest absolute Gasteiger partial charge is 0.219 e. The van der Waals surface area contributed by atoms with Crippen molar-refractivity contribution in [2.45, 2.75) is 58.9 Å². The summed E-state index contributed by atoms with van der Waals surface area (Å²) in [7, 11) is 0. The summed E-state index contributed by atoms with van der Waals surface area (Å²) in [6, 6.07) is 0.635. The van der Waals surface area contributed by atoms with Gasteiger partial charge in [-0.2, -0.15) is 0 Å². The fourth-order valence-electron chi connectivity index (χ4n) is 4.26. The van der Waals surface area contributed by atoms with Crippen molar-refractivity contribution in [1.82, 2.24) is 19.8 Å². The van der Waals surface area contributed by atoms with Crippen molar-refractivity contribution in [3.8, 4) is 0 Å². The highest BCUT2D eigenvalue weighted by Crippen LogP contribution is 2.25. The Morgan fingerprint density at radius 2 is 1.92 bits per heavy atom. The molecule has 0 unspecified atom stereocenters. The van der Waals surface area contributed by atoms with E-state index in [1.165, 1.54) is 18.4 Å². The second-order valence-electron chi connectivity index (χ2n) is 7.63. The van der Waals surface area contributed by atoms with Crippen molar-refractivity contribution in [1.29, 1.82) is 0 Å². The summed E-state index contributed by atoms with van der Waals surface area (Å²) in [4.78, 5) is 27.8. The standard InChI is InChI=1S/C20H33N5O/c1-4-6-18-15-21-16(2)22-20(18)25-11-7-19(8-12-25)24-10-5-9-23(13-14-24)17(3)26/h15,19H,4-14H2,1-3H3. The SMILES string of the molecule is CCCc1cnc(C)nc1N1CCC(N2CCCN(C(C)=O)CC2)CC1. The minimum atomic E-state index is 0.212. The molecule has 2 aliphatic heterocycles. The molecular weight excluding hydrogens is 326 g/mol. The first-order valence-electron chi connectivity index (χ1n) is 10.2. The van der Waals surface area contributed by atoms with Gasteiger partial charge in [-0.15, -0.1) is 0 Å². The molecule has 3 heterocycles. The molecule has 1 aromatic heterocycles. The third kappa shape index (κ3) is 4.53. The summed E-state index contributed by atoms with van der Waals surface area (Å²) >= 11 is 0. The first-order valence-corrected chi connectivity index (χ1v) is 10.2. The Morgan fingerprint density at radius 3 is 2.62 bits per heavy atom. The van der Waals surface area contributed by atoms with Crippen LogP contribution in [0.25, 0.3) is 0 Å². The van der Waals surface area contributed by atoms with Crippen molar-refractivity contribution < 1.29 is 4.79 Å². The van der Waals surface area contributed by atoms with E-state index in [0.29, 0.717) is 6.04 Å². The molecule has 0 radical (unpaired) electrons. The van der Waals surface area contributed by atoms with Gasteiger partial charge in [-0.1, -0.05) is 13.3 Å². The Bertz CT molecular complexity index is 612. The summed E-state index contributed by atoms with van der Waals surface area (Å²) < 4.78 is 0. The third-order valence-electron chi connectivity index (χ3n) is 5.74. The van der Waals surface area contributed by atoms with Gasteiger partial charge in [-0.05, 0) is 32.6 Å². The van der Waals surface area contributed by atoms with E-state index in [1.807, 2.05) is 18.0 Å². The van der Waals surface area contributed by atoms with E-state index in [0.717, 1.165) is 70.2 Å². The largest absolute Gasteiger partial charge is 0.356 e. The Kier molecular flexibility index (Phi) is 6.46. The van der Waals surface area contributed by atoms with Crippen LogP contribution >= 0.6 is 0 Å². The molecule has 6 heteroatoms. The molecule has 0 aliphatic carbocycles. The van der Waals surface area contributed by atoms with Gasteiger partial charge in [-0.25, -0.2) is 9.97 Å². The van der Waals surface area contributed by atoms with Crippen LogP contribution in [-0.4, -0.2) is 71.0 Å². The Morgan fingerprint density at radius 1 is 1.15 bits per heavy atom. The van der Waals surface area contributed by atoms with Gasteiger partial charge in [-0.3, -0.25) is 9.69 Å². The Hall–Kier alpha value is -1.69. The topological polar surface area (TPSA) is 52.6 Å². The first kappa shape index (κ1) is 19.1. The van der Waals surface area contributed by atoms with Crippen LogP contribution < -0.4 is 4.90 Å². The molecule has 0 N–H and O–H groups in total. The number of carbonyl (C=O) groups excluding carboxylic acids is 1. The lowest BCUT2D eigenvalue weighted by Crippen LogP contribution is -2.46. The highest BCUT2D eigenvalue weighted by molar-refractivity contribution is 5.73. The fourth-order valence-corrected chi connectivity index (χ4v) is 4.26. The van der Waals surface area contributed by atoms with Crippen LogP contribution in [0.1, 0.15) is 50.9 Å². The van der Waals surface area contributed by atoms with Gasteiger partial charge >= 0.3 is 0 Å². The third-order valence-corrected chi connectivity index (χ3v) is 5.74. The van der Waals surface area contributed by atoms with Crippen LogP contribution in [0.15, 0.2) is 6.20 Å². The molecule has 1 amide bonds. The fraction of sp³-hybridized carbons (Fsp3) is 0.750. The molecule has 26 heavy (non-hydrogen) atoms. The summed E-state index contributed by atoms with van der Waals surface area (Å²) in [5, 5.41) is 0. The number of piperidine rings is 1. The molecule has 3 rings (SSSR count). The van der Waals surface area contributed by atoms with E-state index < -0.39 is 0 Å². The number of aryl methyl sites for hydroxylation is 2. The molecular formula is C20H33N5O. The van der Waals surface area contributed by atoms with E-state index in [1.54, 1.807) is 6.92 Å². The number of aromatic nitrogens is 2. The molecule has 0 aromatic carbocycles. The lowest BCUT2D eigenvalue weighted by molar-refractivity contribution is -0.128. The summed E-state index contributed by atoms with van der Waals surface area (Å²) in [6.07, 6.45) is 7.62. The molecule has 6 nitrogen and oxygen atoms in total. The second kappa shape index (κ2) is 8.80. The van der Waals surface area contributed by atoms with Gasteiger partial charge in [0, 0.05) is 64.0 Å². The van der Waals surface area contributed by atoms with Crippen LogP contribution in [0.5, 0.6) is 0 Å². The quantitative estimate of drug-likeness (QED) is 0.825. The normalized spacial score (nSPS) is 20.3. The molecule has 2 saturated heterocycles. The predicted molar refractivity (Wildman–Crippen MR) is 104 cm³/mol. The number of nitrogens with zero attached hydrogens (tertiary/aromatic N) is 5. The van der Waals surface area contributed by atoms with E-state index in [4.69, 9.17) is 4.98 Å². The van der Waals surface area contributed by atoms with Gasteiger partial charge in [0.05, 0.1) is 0 Å². The van der Waals surface area contributed by atoms with Crippen LogP contribution in [0.3, 0.4) is 0 Å². The zero-order valence-electron chi connectivity index (χ0n) is 16.6. The number of amides is 1. The van der Waals surface area contributed by atoms with E-state index in [-0.39, 0.29) is 5.91 Å². The van der Waals surface area contributed by atoms with Gasteiger partial charge in [0.15, 0.2) is 0 Å². The number of carbonyl (C=O) groups is 1. The monoisotopic (exact) mass is 359 g/mol. The zero-order valence-corrected chi connectivity index (χ0v) is 16.6. The lowest BCUT2D eigenvalue weighted by Gasteiger charge is -2.39. The average molecular weight is 360 g/mol. The van der Waals surface area contributed by atoms with Crippen molar-refractivity contribution in [3.05, 3.63) is 17.6 Å². The number of rotatable bonds is 4. The van der Waals surface area contributed by atoms with Crippen LogP contribution in [0.2, 0.25) is 0 Å². The van der Waals surface area contributed by atoms with Crippen LogP contribution in [-0.2, 0) is 11.2 Å². The molecule has 2 fully saturated rings. The van der Waals surface area contributed by atoms with Gasteiger partial charge in [0.25, 0.3) is 0 Å². The Labute approximate surface area is 157 Å². The highest BCUT2D eigenvalue weighted by atomic mass is 16.2. The van der Waals surface area contributed by atoms with Gasteiger partial charge < -0.3 is 9.80 Å². The van der Waals surface area contributed by atoms with Crippen molar-refractivity contribution in [3.63, 3.8) is 0 Å².